The first-order valence-corrected chi connectivity index (χ1v) is 7.51. The van der Waals surface area contributed by atoms with E-state index in [1.165, 1.54) is 24.3 Å². The zero-order chi connectivity index (χ0) is 17.3. The molecule has 1 aromatic heterocycles. The zero-order valence-electron chi connectivity index (χ0n) is 12.0. The Morgan fingerprint density at radius 2 is 2.04 bits per heavy atom. The maximum atomic E-state index is 12.1. The SMILES string of the molecule is O=c1[nH]c(/C(Cl)=C/c2cccc([N+](=O)[O-])c2)nc2ccc(Cl)cc12. The number of nitrogens with one attached hydrogen (secondary N) is 1. The Balaban J connectivity index is 2.06. The van der Waals surface area contributed by atoms with Crippen LogP contribution >= 0.6 is 23.2 Å². The normalized spacial score (nSPS) is 11.7. The predicted molar refractivity (Wildman–Crippen MR) is 94.2 cm³/mol. The highest BCUT2D eigenvalue weighted by molar-refractivity contribution is 6.50. The summed E-state index contributed by atoms with van der Waals surface area (Å²) in [7, 11) is 0. The van der Waals surface area contributed by atoms with Crippen molar-refractivity contribution in [2.24, 2.45) is 0 Å². The third kappa shape index (κ3) is 3.29. The van der Waals surface area contributed by atoms with Crippen molar-refractivity contribution in [3.8, 4) is 0 Å². The van der Waals surface area contributed by atoms with E-state index < -0.39 is 4.92 Å². The summed E-state index contributed by atoms with van der Waals surface area (Å²) in [5, 5.41) is 11.7. The van der Waals surface area contributed by atoms with Gasteiger partial charge >= 0.3 is 0 Å². The maximum Gasteiger partial charge on any atom is 0.270 e. The van der Waals surface area contributed by atoms with Gasteiger partial charge in [0.25, 0.3) is 11.2 Å². The van der Waals surface area contributed by atoms with Crippen LogP contribution in [-0.4, -0.2) is 14.9 Å². The minimum Gasteiger partial charge on any atom is -0.305 e. The van der Waals surface area contributed by atoms with Crippen molar-refractivity contribution in [2.45, 2.75) is 0 Å². The molecule has 120 valence electrons. The van der Waals surface area contributed by atoms with Crippen molar-refractivity contribution >= 4 is 50.9 Å². The lowest BCUT2D eigenvalue weighted by atomic mass is 10.2. The molecule has 0 aliphatic rings. The van der Waals surface area contributed by atoms with E-state index >= 15 is 0 Å². The molecular formula is C16H9Cl2N3O3. The van der Waals surface area contributed by atoms with E-state index in [2.05, 4.69) is 9.97 Å². The van der Waals surface area contributed by atoms with Crippen molar-refractivity contribution in [1.29, 1.82) is 0 Å². The van der Waals surface area contributed by atoms with Crippen molar-refractivity contribution in [2.75, 3.05) is 0 Å². The molecule has 0 saturated carbocycles. The van der Waals surface area contributed by atoms with E-state index in [1.807, 2.05) is 0 Å². The number of non-ortho nitro benzene ring substituents is 1. The lowest BCUT2D eigenvalue weighted by Crippen LogP contribution is -2.10. The van der Waals surface area contributed by atoms with Gasteiger partial charge in [0.1, 0.15) is 0 Å². The number of aromatic nitrogens is 2. The van der Waals surface area contributed by atoms with E-state index in [0.29, 0.717) is 21.5 Å². The number of aromatic amines is 1. The van der Waals surface area contributed by atoms with Crippen LogP contribution in [0.3, 0.4) is 0 Å². The molecule has 1 N–H and O–H groups in total. The van der Waals surface area contributed by atoms with Crippen molar-refractivity contribution in [3.05, 3.63) is 79.3 Å². The summed E-state index contributed by atoms with van der Waals surface area (Å²) < 4.78 is 0. The molecule has 8 heteroatoms. The number of hydrogen-bond acceptors (Lipinski definition) is 4. The van der Waals surface area contributed by atoms with Gasteiger partial charge in [-0.3, -0.25) is 14.9 Å². The number of nitro groups is 1. The molecule has 0 saturated heterocycles. The Hall–Kier alpha value is -2.70. The zero-order valence-corrected chi connectivity index (χ0v) is 13.5. The molecule has 0 aliphatic heterocycles. The highest BCUT2D eigenvalue weighted by Gasteiger charge is 2.09. The van der Waals surface area contributed by atoms with Crippen LogP contribution in [-0.2, 0) is 0 Å². The van der Waals surface area contributed by atoms with Gasteiger partial charge in [-0.1, -0.05) is 35.3 Å². The van der Waals surface area contributed by atoms with Gasteiger partial charge in [0.15, 0.2) is 5.82 Å². The highest BCUT2D eigenvalue weighted by atomic mass is 35.5. The summed E-state index contributed by atoms with van der Waals surface area (Å²) in [5.41, 5.74) is 0.544. The van der Waals surface area contributed by atoms with E-state index in [1.54, 1.807) is 24.3 Å². The van der Waals surface area contributed by atoms with Gasteiger partial charge in [-0.2, -0.15) is 0 Å². The second kappa shape index (κ2) is 6.43. The molecule has 3 rings (SSSR count). The van der Waals surface area contributed by atoms with Crippen LogP contribution in [0.2, 0.25) is 5.02 Å². The number of fused-ring (bicyclic) bond motifs is 1. The van der Waals surface area contributed by atoms with Gasteiger partial charge in [0, 0.05) is 17.2 Å². The molecule has 0 unspecified atom stereocenters. The van der Waals surface area contributed by atoms with Crippen LogP contribution in [0.5, 0.6) is 0 Å². The first kappa shape index (κ1) is 16.2. The lowest BCUT2D eigenvalue weighted by molar-refractivity contribution is -0.384. The van der Waals surface area contributed by atoms with Crippen LogP contribution < -0.4 is 5.56 Å². The van der Waals surface area contributed by atoms with Gasteiger partial charge in [0.2, 0.25) is 0 Å². The van der Waals surface area contributed by atoms with Crippen LogP contribution in [0.25, 0.3) is 22.0 Å². The minimum atomic E-state index is -0.495. The molecule has 0 atom stereocenters. The summed E-state index contributed by atoms with van der Waals surface area (Å²) in [6.45, 7) is 0. The number of H-pyrrole nitrogens is 1. The predicted octanol–water partition coefficient (Wildman–Crippen LogP) is 4.22. The second-order valence-corrected chi connectivity index (χ2v) is 5.76. The number of rotatable bonds is 3. The first-order valence-electron chi connectivity index (χ1n) is 6.75. The third-order valence-electron chi connectivity index (χ3n) is 3.27. The average molecular weight is 362 g/mol. The Morgan fingerprint density at radius 1 is 1.25 bits per heavy atom. The summed E-state index contributed by atoms with van der Waals surface area (Å²) in [4.78, 5) is 29.3. The second-order valence-electron chi connectivity index (χ2n) is 4.92. The number of nitrogens with zero attached hydrogens (tertiary/aromatic N) is 2. The van der Waals surface area contributed by atoms with E-state index in [-0.39, 0.29) is 22.1 Å². The molecule has 0 aliphatic carbocycles. The smallest absolute Gasteiger partial charge is 0.270 e. The molecule has 24 heavy (non-hydrogen) atoms. The van der Waals surface area contributed by atoms with Crippen LogP contribution in [0.4, 0.5) is 5.69 Å². The Kier molecular flexibility index (Phi) is 4.33. The third-order valence-corrected chi connectivity index (χ3v) is 3.79. The number of halogens is 2. The van der Waals surface area contributed by atoms with Gasteiger partial charge in [-0.05, 0) is 29.8 Å². The Bertz CT molecular complexity index is 1040. The highest BCUT2D eigenvalue weighted by Crippen LogP contribution is 2.23. The molecule has 0 fully saturated rings. The van der Waals surface area contributed by atoms with Crippen molar-refractivity contribution in [3.63, 3.8) is 0 Å². The average Bonchev–Trinajstić information content (AvgIpc) is 2.55. The minimum absolute atomic E-state index is 0.0529. The maximum absolute atomic E-state index is 12.1. The first-order chi connectivity index (χ1) is 11.4. The number of nitro benzene ring substituents is 1. The van der Waals surface area contributed by atoms with E-state index in [9.17, 15) is 14.9 Å². The molecular weight excluding hydrogens is 353 g/mol. The lowest BCUT2D eigenvalue weighted by Gasteiger charge is -2.03. The Labute approximate surface area is 145 Å². The summed E-state index contributed by atoms with van der Waals surface area (Å²) >= 11 is 12.1. The van der Waals surface area contributed by atoms with Gasteiger partial charge in [-0.25, -0.2) is 4.98 Å². The number of hydrogen-bond donors (Lipinski definition) is 1. The van der Waals surface area contributed by atoms with E-state index in [4.69, 9.17) is 23.2 Å². The van der Waals surface area contributed by atoms with Gasteiger partial charge < -0.3 is 4.98 Å². The topological polar surface area (TPSA) is 88.9 Å². The van der Waals surface area contributed by atoms with Gasteiger partial charge in [-0.15, -0.1) is 0 Å². The van der Waals surface area contributed by atoms with E-state index in [0.717, 1.165) is 0 Å². The van der Waals surface area contributed by atoms with Crippen LogP contribution in [0.1, 0.15) is 11.4 Å². The van der Waals surface area contributed by atoms with Crippen molar-refractivity contribution in [1.82, 2.24) is 9.97 Å². The summed E-state index contributed by atoms with van der Waals surface area (Å²) in [6.07, 6.45) is 1.49. The summed E-state index contributed by atoms with van der Waals surface area (Å²) in [5.74, 6) is 0.169. The largest absolute Gasteiger partial charge is 0.305 e. The van der Waals surface area contributed by atoms with Crippen molar-refractivity contribution < 1.29 is 4.92 Å². The molecule has 0 radical (unpaired) electrons. The Morgan fingerprint density at radius 3 is 2.79 bits per heavy atom. The molecule has 0 spiro atoms. The van der Waals surface area contributed by atoms with Crippen LogP contribution in [0, 0.1) is 10.1 Å². The molecule has 3 aromatic rings. The summed E-state index contributed by atoms with van der Waals surface area (Å²) in [6, 6.07) is 10.7. The fourth-order valence-corrected chi connectivity index (χ4v) is 2.55. The monoisotopic (exact) mass is 361 g/mol. The molecule has 0 amide bonds. The van der Waals surface area contributed by atoms with Gasteiger partial charge in [0.05, 0.1) is 20.9 Å². The molecule has 6 nitrogen and oxygen atoms in total. The molecule has 0 bridgehead atoms. The standard InChI is InChI=1S/C16H9Cl2N3O3/c17-10-4-5-14-12(8-10)16(22)20-15(19-14)13(18)7-9-2-1-3-11(6-9)21(23)24/h1-8H,(H,19,20,22)/b13-7-. The fraction of sp³-hybridized carbons (Fsp3) is 0. The fourth-order valence-electron chi connectivity index (χ4n) is 2.17. The molecule has 2 aromatic carbocycles. The van der Waals surface area contributed by atoms with Crippen LogP contribution in [0.15, 0.2) is 47.3 Å². The molecule has 1 heterocycles. The number of benzene rings is 2. The quantitative estimate of drug-likeness (QED) is 0.558.